The number of hydrogen-bond acceptors (Lipinski definition) is 6. The van der Waals surface area contributed by atoms with Crippen molar-refractivity contribution in [2.24, 2.45) is 5.92 Å². The van der Waals surface area contributed by atoms with Crippen LogP contribution in [0.25, 0.3) is 11.5 Å². The number of oxazole rings is 1. The van der Waals surface area contributed by atoms with Gasteiger partial charge in [-0.05, 0) is 43.5 Å². The number of rotatable bonds is 6. The second-order valence-corrected chi connectivity index (χ2v) is 6.26. The molecule has 0 radical (unpaired) electrons. The highest BCUT2D eigenvalue weighted by Gasteiger charge is 2.28. The lowest BCUT2D eigenvalue weighted by molar-refractivity contribution is -0.142. The van der Waals surface area contributed by atoms with E-state index < -0.39 is 5.97 Å². The number of carboxylic acid groups (broad SMARTS) is 1. The molecule has 0 amide bonds. The molecule has 2 heterocycles. The van der Waals surface area contributed by atoms with Crippen molar-refractivity contribution in [2.45, 2.75) is 26.2 Å². The highest BCUT2D eigenvalue weighted by Crippen LogP contribution is 2.31. The number of benzene rings is 1. The topological polar surface area (TPSA) is 99.6 Å². The van der Waals surface area contributed by atoms with Gasteiger partial charge in [0.25, 0.3) is 0 Å². The largest absolute Gasteiger partial charge is 0.494 e. The van der Waals surface area contributed by atoms with Crippen LogP contribution < -0.4 is 9.64 Å². The highest BCUT2D eigenvalue weighted by atomic mass is 16.5. The van der Waals surface area contributed by atoms with Crippen molar-refractivity contribution in [3.8, 4) is 23.3 Å². The average Bonchev–Trinajstić information content (AvgIpc) is 3.11. The lowest BCUT2D eigenvalue weighted by atomic mass is 9.97. The van der Waals surface area contributed by atoms with Crippen molar-refractivity contribution in [3.63, 3.8) is 0 Å². The van der Waals surface area contributed by atoms with Crippen LogP contribution in [0.5, 0.6) is 5.75 Å². The van der Waals surface area contributed by atoms with Crippen LogP contribution in [0.3, 0.4) is 0 Å². The van der Waals surface area contributed by atoms with Crippen LogP contribution in [0.1, 0.15) is 31.9 Å². The third-order valence-electron chi connectivity index (χ3n) is 4.42. The second kappa shape index (κ2) is 7.91. The van der Waals surface area contributed by atoms with E-state index in [0.717, 1.165) is 17.7 Å². The van der Waals surface area contributed by atoms with Crippen LogP contribution in [-0.2, 0) is 4.79 Å². The molecular formula is C19H21N3O4. The van der Waals surface area contributed by atoms with Crippen LogP contribution >= 0.6 is 0 Å². The molecule has 136 valence electrons. The van der Waals surface area contributed by atoms with Gasteiger partial charge in [0.2, 0.25) is 17.5 Å². The molecule has 3 rings (SSSR count). The number of aliphatic carboxylic acids is 1. The lowest BCUT2D eigenvalue weighted by Crippen LogP contribution is -2.36. The van der Waals surface area contributed by atoms with E-state index in [1.165, 1.54) is 0 Å². The summed E-state index contributed by atoms with van der Waals surface area (Å²) in [7, 11) is 0. The normalized spacial score (nSPS) is 14.8. The maximum absolute atomic E-state index is 11.1. The number of carbonyl (C=O) groups is 1. The summed E-state index contributed by atoms with van der Waals surface area (Å²) in [4.78, 5) is 17.3. The van der Waals surface area contributed by atoms with E-state index in [-0.39, 0.29) is 11.6 Å². The van der Waals surface area contributed by atoms with Crippen molar-refractivity contribution in [3.05, 3.63) is 30.0 Å². The van der Waals surface area contributed by atoms with Gasteiger partial charge in [0.15, 0.2) is 0 Å². The van der Waals surface area contributed by atoms with Gasteiger partial charge in [-0.2, -0.15) is 10.2 Å². The first-order valence-electron chi connectivity index (χ1n) is 8.74. The van der Waals surface area contributed by atoms with Gasteiger partial charge in [-0.25, -0.2) is 0 Å². The van der Waals surface area contributed by atoms with Gasteiger partial charge in [0.1, 0.15) is 11.8 Å². The molecule has 0 aliphatic carbocycles. The molecule has 0 unspecified atom stereocenters. The molecule has 1 saturated heterocycles. The van der Waals surface area contributed by atoms with Gasteiger partial charge in [-0.3, -0.25) is 4.79 Å². The zero-order chi connectivity index (χ0) is 18.5. The number of anilines is 1. The number of nitriles is 1. The highest BCUT2D eigenvalue weighted by molar-refractivity contribution is 5.70. The smallest absolute Gasteiger partial charge is 0.306 e. The van der Waals surface area contributed by atoms with E-state index in [1.807, 2.05) is 36.1 Å². The SMILES string of the molecule is CCCOc1ccc(-c2nc(C#N)c(N3CCC(C(=O)O)CC3)o2)cc1. The third-order valence-corrected chi connectivity index (χ3v) is 4.42. The molecule has 0 atom stereocenters. The standard InChI is InChI=1S/C19H21N3O4/c1-2-11-25-15-5-3-13(4-6-15)17-21-16(12-20)18(26-17)22-9-7-14(8-10-22)19(23)24/h3-6,14H,2,7-11H2,1H3,(H,23,24). The number of nitrogens with zero attached hydrogens (tertiary/aromatic N) is 3. The van der Waals surface area contributed by atoms with E-state index in [4.69, 9.17) is 14.3 Å². The predicted molar refractivity (Wildman–Crippen MR) is 95.0 cm³/mol. The molecular weight excluding hydrogens is 334 g/mol. The summed E-state index contributed by atoms with van der Waals surface area (Å²) in [5.41, 5.74) is 0.983. The molecule has 0 bridgehead atoms. The molecule has 7 nitrogen and oxygen atoms in total. The Morgan fingerprint density at radius 1 is 1.38 bits per heavy atom. The third kappa shape index (κ3) is 3.80. The van der Waals surface area contributed by atoms with E-state index in [2.05, 4.69) is 11.1 Å². The summed E-state index contributed by atoms with van der Waals surface area (Å²) in [5, 5.41) is 18.5. The van der Waals surface area contributed by atoms with Crippen LogP contribution in [0.2, 0.25) is 0 Å². The van der Waals surface area contributed by atoms with Gasteiger partial charge >= 0.3 is 5.97 Å². The van der Waals surface area contributed by atoms with Crippen molar-refractivity contribution in [1.29, 1.82) is 5.26 Å². The van der Waals surface area contributed by atoms with Gasteiger partial charge in [-0.1, -0.05) is 6.92 Å². The molecule has 1 aliphatic heterocycles. The minimum Gasteiger partial charge on any atom is -0.494 e. The Morgan fingerprint density at radius 3 is 2.65 bits per heavy atom. The fourth-order valence-electron chi connectivity index (χ4n) is 2.97. The van der Waals surface area contributed by atoms with Gasteiger partial charge < -0.3 is 19.2 Å². The van der Waals surface area contributed by atoms with E-state index in [0.29, 0.717) is 44.3 Å². The maximum atomic E-state index is 11.1. The van der Waals surface area contributed by atoms with Crippen molar-refractivity contribution in [2.75, 3.05) is 24.6 Å². The number of aromatic nitrogens is 1. The van der Waals surface area contributed by atoms with Gasteiger partial charge in [0, 0.05) is 18.7 Å². The monoisotopic (exact) mass is 355 g/mol. The zero-order valence-electron chi connectivity index (χ0n) is 14.6. The number of ether oxygens (including phenoxy) is 1. The molecule has 1 aromatic carbocycles. The minimum atomic E-state index is -0.770. The summed E-state index contributed by atoms with van der Waals surface area (Å²) in [6.45, 7) is 3.77. The Labute approximate surface area is 151 Å². The second-order valence-electron chi connectivity index (χ2n) is 6.26. The summed E-state index contributed by atoms with van der Waals surface area (Å²) in [5.74, 6) is 0.457. The Bertz CT molecular complexity index is 799. The first kappa shape index (κ1) is 17.8. The molecule has 0 saturated carbocycles. The van der Waals surface area contributed by atoms with Crippen molar-refractivity contribution >= 4 is 11.9 Å². The van der Waals surface area contributed by atoms with Crippen LogP contribution in [0.15, 0.2) is 28.7 Å². The van der Waals surface area contributed by atoms with E-state index >= 15 is 0 Å². The summed E-state index contributed by atoms with van der Waals surface area (Å²) in [6, 6.07) is 9.45. The molecule has 26 heavy (non-hydrogen) atoms. The first-order chi connectivity index (χ1) is 12.6. The summed E-state index contributed by atoms with van der Waals surface area (Å²) in [6.07, 6.45) is 1.99. The zero-order valence-corrected chi connectivity index (χ0v) is 14.6. The average molecular weight is 355 g/mol. The van der Waals surface area contributed by atoms with Crippen molar-refractivity contribution < 1.29 is 19.1 Å². The Kier molecular flexibility index (Phi) is 5.42. The first-order valence-corrected chi connectivity index (χ1v) is 8.74. The summed E-state index contributed by atoms with van der Waals surface area (Å²) >= 11 is 0. The fraction of sp³-hybridized carbons (Fsp3) is 0.421. The number of carboxylic acids is 1. The Hall–Kier alpha value is -3.01. The molecule has 1 aromatic heterocycles. The van der Waals surface area contributed by atoms with Crippen molar-refractivity contribution in [1.82, 2.24) is 4.98 Å². The molecule has 7 heteroatoms. The number of hydrogen-bond donors (Lipinski definition) is 1. The van der Waals surface area contributed by atoms with Crippen LogP contribution in [0.4, 0.5) is 5.88 Å². The molecule has 1 fully saturated rings. The fourth-order valence-corrected chi connectivity index (χ4v) is 2.97. The molecule has 1 N–H and O–H groups in total. The minimum absolute atomic E-state index is 0.222. The Balaban J connectivity index is 1.77. The molecule has 2 aromatic rings. The quantitative estimate of drug-likeness (QED) is 0.848. The van der Waals surface area contributed by atoms with E-state index in [1.54, 1.807) is 0 Å². The van der Waals surface area contributed by atoms with Gasteiger partial charge in [0.05, 0.1) is 12.5 Å². The van der Waals surface area contributed by atoms with Crippen LogP contribution in [-0.4, -0.2) is 35.8 Å². The number of piperidine rings is 1. The van der Waals surface area contributed by atoms with Gasteiger partial charge in [-0.15, -0.1) is 0 Å². The molecule has 0 spiro atoms. The summed E-state index contributed by atoms with van der Waals surface area (Å²) < 4.78 is 11.4. The molecule has 1 aliphatic rings. The Morgan fingerprint density at radius 2 is 2.08 bits per heavy atom. The lowest BCUT2D eigenvalue weighted by Gasteiger charge is -2.29. The van der Waals surface area contributed by atoms with Crippen LogP contribution in [0, 0.1) is 17.2 Å². The van der Waals surface area contributed by atoms with E-state index in [9.17, 15) is 10.1 Å². The maximum Gasteiger partial charge on any atom is 0.306 e. The predicted octanol–water partition coefficient (Wildman–Crippen LogP) is 3.30.